The van der Waals surface area contributed by atoms with Crippen molar-refractivity contribution >= 4 is 0 Å². The average molecular weight is 322 g/mol. The van der Waals surface area contributed by atoms with Crippen LogP contribution in [0.3, 0.4) is 0 Å². The van der Waals surface area contributed by atoms with Gasteiger partial charge in [0.05, 0.1) is 0 Å². The lowest BCUT2D eigenvalue weighted by molar-refractivity contribution is 0.527. The molecule has 2 heteroatoms. The molecule has 2 aromatic carbocycles. The number of allylic oxidation sites excluding steroid dienone is 1. The van der Waals surface area contributed by atoms with Gasteiger partial charge in [-0.1, -0.05) is 62.0 Å². The average Bonchev–Trinajstić information content (AvgIpc) is 2.59. The summed E-state index contributed by atoms with van der Waals surface area (Å²) in [6.07, 6.45) is 5.22. The van der Waals surface area contributed by atoms with Gasteiger partial charge < -0.3 is 11.5 Å². The van der Waals surface area contributed by atoms with E-state index in [1.807, 2.05) is 0 Å². The highest BCUT2D eigenvalue weighted by atomic mass is 14.6. The van der Waals surface area contributed by atoms with E-state index in [0.717, 1.165) is 31.4 Å². The van der Waals surface area contributed by atoms with Crippen LogP contribution in [0, 0.1) is 5.92 Å². The molecule has 128 valence electrons. The van der Waals surface area contributed by atoms with Crippen LogP contribution < -0.4 is 11.5 Å². The van der Waals surface area contributed by atoms with Crippen LogP contribution in [0.2, 0.25) is 0 Å². The van der Waals surface area contributed by atoms with Crippen LogP contribution in [0.4, 0.5) is 0 Å². The molecular formula is C22H30N2. The number of rotatable bonds is 9. The smallest absolute Gasteiger partial charge is 0.0180 e. The monoisotopic (exact) mass is 322 g/mol. The highest BCUT2D eigenvalue weighted by molar-refractivity contribution is 5.29. The first-order valence-corrected chi connectivity index (χ1v) is 8.87. The molecule has 0 saturated carbocycles. The standard InChI is InChI=1S/C22H30N2/c1-17(11-13-20-8-4-6-10-22(20)16-23)15-21-9-5-3-7-19(21)14-12-18(2)24/h3-10,17H,2,11-16,23-24H2,1H3. The van der Waals surface area contributed by atoms with E-state index < -0.39 is 0 Å². The van der Waals surface area contributed by atoms with E-state index in [9.17, 15) is 0 Å². The van der Waals surface area contributed by atoms with Crippen LogP contribution in [-0.4, -0.2) is 0 Å². The fraction of sp³-hybridized carbons (Fsp3) is 0.364. The van der Waals surface area contributed by atoms with Crippen LogP contribution in [-0.2, 0) is 25.8 Å². The molecule has 0 saturated heterocycles. The van der Waals surface area contributed by atoms with E-state index in [1.165, 1.54) is 28.7 Å². The predicted molar refractivity (Wildman–Crippen MR) is 104 cm³/mol. The van der Waals surface area contributed by atoms with Crippen LogP contribution in [0.5, 0.6) is 0 Å². The van der Waals surface area contributed by atoms with Crippen molar-refractivity contribution in [1.29, 1.82) is 0 Å². The Morgan fingerprint density at radius 2 is 1.46 bits per heavy atom. The second-order valence-corrected chi connectivity index (χ2v) is 6.75. The summed E-state index contributed by atoms with van der Waals surface area (Å²) in [7, 11) is 0. The molecule has 0 bridgehead atoms. The maximum Gasteiger partial charge on any atom is 0.0180 e. The molecule has 1 unspecified atom stereocenters. The zero-order valence-corrected chi connectivity index (χ0v) is 14.8. The fourth-order valence-electron chi connectivity index (χ4n) is 3.18. The zero-order chi connectivity index (χ0) is 17.4. The van der Waals surface area contributed by atoms with Gasteiger partial charge in [-0.3, -0.25) is 0 Å². The molecule has 0 aromatic heterocycles. The maximum atomic E-state index is 5.84. The highest BCUT2D eigenvalue weighted by Gasteiger charge is 2.09. The van der Waals surface area contributed by atoms with E-state index in [0.29, 0.717) is 12.5 Å². The number of benzene rings is 2. The summed E-state index contributed by atoms with van der Waals surface area (Å²) >= 11 is 0. The quantitative estimate of drug-likeness (QED) is 0.720. The molecule has 0 aliphatic carbocycles. The van der Waals surface area contributed by atoms with Crippen LogP contribution in [0.1, 0.15) is 42.0 Å². The summed E-state index contributed by atoms with van der Waals surface area (Å²) in [5.41, 5.74) is 17.8. The van der Waals surface area contributed by atoms with Crippen molar-refractivity contribution in [2.75, 3.05) is 0 Å². The molecule has 24 heavy (non-hydrogen) atoms. The first kappa shape index (κ1) is 18.3. The van der Waals surface area contributed by atoms with Crippen molar-refractivity contribution in [3.63, 3.8) is 0 Å². The van der Waals surface area contributed by atoms with Crippen molar-refractivity contribution < 1.29 is 0 Å². The Bertz CT molecular complexity index is 661. The van der Waals surface area contributed by atoms with Gasteiger partial charge in [0.1, 0.15) is 0 Å². The third-order valence-electron chi connectivity index (χ3n) is 4.65. The fourth-order valence-corrected chi connectivity index (χ4v) is 3.18. The minimum absolute atomic E-state index is 0.621. The minimum atomic E-state index is 0.621. The Morgan fingerprint density at radius 1 is 0.917 bits per heavy atom. The number of hydrogen-bond donors (Lipinski definition) is 2. The first-order valence-electron chi connectivity index (χ1n) is 8.87. The number of aryl methyl sites for hydroxylation is 2. The Hall–Kier alpha value is -2.06. The van der Waals surface area contributed by atoms with Gasteiger partial charge in [-0.2, -0.15) is 0 Å². The van der Waals surface area contributed by atoms with Crippen molar-refractivity contribution in [1.82, 2.24) is 0 Å². The normalized spacial score (nSPS) is 12.1. The molecule has 2 nitrogen and oxygen atoms in total. The van der Waals surface area contributed by atoms with Gasteiger partial charge >= 0.3 is 0 Å². The molecule has 2 aromatic rings. The molecule has 0 aliphatic rings. The predicted octanol–water partition coefficient (Wildman–Crippen LogP) is 4.36. The van der Waals surface area contributed by atoms with Gasteiger partial charge in [0.15, 0.2) is 0 Å². The SMILES string of the molecule is C=C(N)CCc1ccccc1CC(C)CCc1ccccc1CN. The van der Waals surface area contributed by atoms with Gasteiger partial charge in [0.25, 0.3) is 0 Å². The topological polar surface area (TPSA) is 52.0 Å². The highest BCUT2D eigenvalue weighted by Crippen LogP contribution is 2.20. The molecule has 0 fully saturated rings. The molecule has 0 spiro atoms. The Labute approximate surface area is 146 Å². The number of hydrogen-bond acceptors (Lipinski definition) is 2. The van der Waals surface area contributed by atoms with Gasteiger partial charge in [-0.05, 0) is 60.3 Å². The molecule has 0 heterocycles. The lowest BCUT2D eigenvalue weighted by Gasteiger charge is -2.16. The largest absolute Gasteiger partial charge is 0.403 e. The minimum Gasteiger partial charge on any atom is -0.403 e. The van der Waals surface area contributed by atoms with Crippen LogP contribution >= 0.6 is 0 Å². The first-order chi connectivity index (χ1) is 11.6. The lowest BCUT2D eigenvalue weighted by Crippen LogP contribution is -2.07. The van der Waals surface area contributed by atoms with E-state index >= 15 is 0 Å². The third-order valence-corrected chi connectivity index (χ3v) is 4.65. The second-order valence-electron chi connectivity index (χ2n) is 6.75. The molecule has 0 radical (unpaired) electrons. The van der Waals surface area contributed by atoms with E-state index in [2.05, 4.69) is 62.0 Å². The van der Waals surface area contributed by atoms with Gasteiger partial charge in [0.2, 0.25) is 0 Å². The van der Waals surface area contributed by atoms with Crippen molar-refractivity contribution in [2.45, 2.75) is 45.6 Å². The molecule has 1 atom stereocenters. The maximum absolute atomic E-state index is 5.84. The van der Waals surface area contributed by atoms with Crippen molar-refractivity contribution in [2.24, 2.45) is 17.4 Å². The van der Waals surface area contributed by atoms with Gasteiger partial charge in [-0.15, -0.1) is 0 Å². The van der Waals surface area contributed by atoms with E-state index in [-0.39, 0.29) is 0 Å². The van der Waals surface area contributed by atoms with E-state index in [4.69, 9.17) is 11.5 Å². The summed E-state index contributed by atoms with van der Waals surface area (Å²) in [4.78, 5) is 0. The summed E-state index contributed by atoms with van der Waals surface area (Å²) in [5.74, 6) is 0.637. The van der Waals surface area contributed by atoms with Crippen LogP contribution in [0.25, 0.3) is 0 Å². The summed E-state index contributed by atoms with van der Waals surface area (Å²) in [6, 6.07) is 17.2. The van der Waals surface area contributed by atoms with Crippen molar-refractivity contribution in [3.05, 3.63) is 83.1 Å². The summed E-state index contributed by atoms with van der Waals surface area (Å²) in [6.45, 7) is 6.77. The third kappa shape index (κ3) is 5.54. The Balaban J connectivity index is 1.95. The molecule has 0 aliphatic heterocycles. The zero-order valence-electron chi connectivity index (χ0n) is 14.8. The molecule has 2 rings (SSSR count). The molecular weight excluding hydrogens is 292 g/mol. The second kappa shape index (κ2) is 9.29. The van der Waals surface area contributed by atoms with Crippen molar-refractivity contribution in [3.8, 4) is 0 Å². The molecule has 0 amide bonds. The molecule has 4 N–H and O–H groups in total. The van der Waals surface area contributed by atoms with E-state index in [1.54, 1.807) is 0 Å². The Kier molecular flexibility index (Phi) is 7.07. The lowest BCUT2D eigenvalue weighted by atomic mass is 9.90. The van der Waals surface area contributed by atoms with Crippen LogP contribution in [0.15, 0.2) is 60.8 Å². The Morgan fingerprint density at radius 3 is 2.04 bits per heavy atom. The summed E-state index contributed by atoms with van der Waals surface area (Å²) < 4.78 is 0. The van der Waals surface area contributed by atoms with Gasteiger partial charge in [0, 0.05) is 12.2 Å². The van der Waals surface area contributed by atoms with Gasteiger partial charge in [-0.25, -0.2) is 0 Å². The summed E-state index contributed by atoms with van der Waals surface area (Å²) in [5, 5.41) is 0. The number of nitrogens with two attached hydrogens (primary N) is 2.